The van der Waals surface area contributed by atoms with E-state index >= 15 is 0 Å². The summed E-state index contributed by atoms with van der Waals surface area (Å²) in [4.78, 5) is 4.10. The number of nitrogens with one attached hydrogen (secondary N) is 1. The normalized spacial score (nSPS) is 12.5. The summed E-state index contributed by atoms with van der Waals surface area (Å²) in [5.74, 6) is 1.08. The molecule has 0 spiro atoms. The van der Waals surface area contributed by atoms with Crippen LogP contribution in [0.25, 0.3) is 0 Å². The Hall–Kier alpha value is -1.00. The average molecular weight is 230 g/mol. The van der Waals surface area contributed by atoms with E-state index in [4.69, 9.17) is 22.1 Å². The van der Waals surface area contributed by atoms with E-state index < -0.39 is 0 Å². The number of hydrogen-bond acceptors (Lipinski definition) is 4. The molecule has 0 aliphatic heterocycles. The molecule has 1 aromatic rings. The van der Waals surface area contributed by atoms with Crippen molar-refractivity contribution in [2.24, 2.45) is 5.92 Å². The lowest BCUT2D eigenvalue weighted by molar-refractivity contribution is 0.164. The van der Waals surface area contributed by atoms with Gasteiger partial charge in [0.25, 0.3) is 0 Å². The van der Waals surface area contributed by atoms with E-state index in [0.717, 1.165) is 6.54 Å². The summed E-state index contributed by atoms with van der Waals surface area (Å²) in [6.07, 6.45) is 1.57. The van der Waals surface area contributed by atoms with Crippen LogP contribution in [0.15, 0.2) is 12.3 Å². The van der Waals surface area contributed by atoms with Crippen molar-refractivity contribution in [1.82, 2.24) is 4.98 Å². The van der Waals surface area contributed by atoms with Gasteiger partial charge >= 0.3 is 0 Å². The van der Waals surface area contributed by atoms with Crippen LogP contribution in [-0.2, 0) is 4.74 Å². The Balaban J connectivity index is 2.50. The number of nitrogens with zero attached hydrogens (tertiary/aromatic N) is 1. The number of nitrogens with two attached hydrogens (primary N) is 1. The smallest absolute Gasteiger partial charge is 0.149 e. The summed E-state index contributed by atoms with van der Waals surface area (Å²) in [7, 11) is 1.69. The van der Waals surface area contributed by atoms with E-state index in [9.17, 15) is 0 Å². The highest BCUT2D eigenvalue weighted by Gasteiger charge is 2.04. The summed E-state index contributed by atoms with van der Waals surface area (Å²) in [5, 5.41) is 3.69. The average Bonchev–Trinajstić information content (AvgIpc) is 2.17. The van der Waals surface area contributed by atoms with Crippen molar-refractivity contribution in [3.05, 3.63) is 17.3 Å². The van der Waals surface area contributed by atoms with Crippen LogP contribution in [0.4, 0.5) is 11.5 Å². The predicted octanol–water partition coefficient (Wildman–Crippen LogP) is 2.01. The van der Waals surface area contributed by atoms with Crippen molar-refractivity contribution >= 4 is 23.1 Å². The second kappa shape index (κ2) is 5.78. The van der Waals surface area contributed by atoms with Gasteiger partial charge in [-0.05, 0) is 12.0 Å². The number of hydrogen-bond donors (Lipinski definition) is 2. The van der Waals surface area contributed by atoms with Gasteiger partial charge in [-0.25, -0.2) is 4.98 Å². The summed E-state index contributed by atoms with van der Waals surface area (Å²) in [6, 6.07) is 1.68. The molecule has 0 aliphatic carbocycles. The molecule has 0 amide bonds. The molecular weight excluding hydrogens is 214 g/mol. The first-order valence-corrected chi connectivity index (χ1v) is 5.15. The van der Waals surface area contributed by atoms with Crippen LogP contribution >= 0.6 is 11.6 Å². The highest BCUT2D eigenvalue weighted by atomic mass is 35.5. The Morgan fingerprint density at radius 1 is 1.67 bits per heavy atom. The lowest BCUT2D eigenvalue weighted by atomic mass is 10.2. The van der Waals surface area contributed by atoms with E-state index in [1.807, 2.05) is 0 Å². The van der Waals surface area contributed by atoms with Crippen LogP contribution < -0.4 is 11.1 Å². The first-order valence-electron chi connectivity index (χ1n) is 4.77. The van der Waals surface area contributed by atoms with Gasteiger partial charge in [0, 0.05) is 19.9 Å². The summed E-state index contributed by atoms with van der Waals surface area (Å²) in [6.45, 7) is 3.57. The van der Waals surface area contributed by atoms with E-state index in [2.05, 4.69) is 17.2 Å². The van der Waals surface area contributed by atoms with Gasteiger partial charge in [-0.2, -0.15) is 0 Å². The molecule has 4 nitrogen and oxygen atoms in total. The predicted molar refractivity (Wildman–Crippen MR) is 63.2 cm³/mol. The third-order valence-electron chi connectivity index (χ3n) is 1.95. The second-order valence-electron chi connectivity index (χ2n) is 3.53. The van der Waals surface area contributed by atoms with E-state index in [0.29, 0.717) is 29.1 Å². The SMILES string of the molecule is COCC(C)CNc1ncc(Cl)cc1N. The van der Waals surface area contributed by atoms with Crippen molar-refractivity contribution in [3.63, 3.8) is 0 Å². The fraction of sp³-hybridized carbons (Fsp3) is 0.500. The van der Waals surface area contributed by atoms with Crippen LogP contribution in [-0.4, -0.2) is 25.2 Å². The molecule has 0 aromatic carbocycles. The lowest BCUT2D eigenvalue weighted by Crippen LogP contribution is -2.17. The number of anilines is 2. The van der Waals surface area contributed by atoms with Gasteiger partial charge in [0.1, 0.15) is 5.82 Å². The maximum absolute atomic E-state index is 5.74. The number of methoxy groups -OCH3 is 1. The zero-order valence-corrected chi connectivity index (χ0v) is 9.71. The molecule has 1 unspecified atom stereocenters. The Kier molecular flexibility index (Phi) is 4.65. The Labute approximate surface area is 94.8 Å². The van der Waals surface area contributed by atoms with Crippen molar-refractivity contribution < 1.29 is 4.74 Å². The molecular formula is C10H16ClN3O. The number of rotatable bonds is 5. The maximum Gasteiger partial charge on any atom is 0.149 e. The topological polar surface area (TPSA) is 60.2 Å². The molecule has 0 radical (unpaired) electrons. The van der Waals surface area contributed by atoms with Crippen molar-refractivity contribution in [3.8, 4) is 0 Å². The monoisotopic (exact) mass is 229 g/mol. The Morgan fingerprint density at radius 2 is 2.40 bits per heavy atom. The molecule has 3 N–H and O–H groups in total. The quantitative estimate of drug-likeness (QED) is 0.811. The van der Waals surface area contributed by atoms with Gasteiger partial charge < -0.3 is 15.8 Å². The Bertz CT molecular complexity index is 320. The number of pyridine rings is 1. The standard InChI is InChI=1S/C10H16ClN3O/c1-7(6-15-2)4-13-10-9(12)3-8(11)5-14-10/h3,5,7H,4,6,12H2,1-2H3,(H,13,14). The first-order chi connectivity index (χ1) is 7.13. The van der Waals surface area contributed by atoms with Crippen LogP contribution in [0.3, 0.4) is 0 Å². The number of ether oxygens (including phenoxy) is 1. The Morgan fingerprint density at radius 3 is 3.00 bits per heavy atom. The molecule has 15 heavy (non-hydrogen) atoms. The third-order valence-corrected chi connectivity index (χ3v) is 2.16. The van der Waals surface area contributed by atoms with Gasteiger partial charge in [0.15, 0.2) is 0 Å². The minimum absolute atomic E-state index is 0.409. The van der Waals surface area contributed by atoms with Crippen molar-refractivity contribution in [2.75, 3.05) is 31.3 Å². The molecule has 1 aromatic heterocycles. The molecule has 0 fully saturated rings. The van der Waals surface area contributed by atoms with Gasteiger partial charge in [-0.15, -0.1) is 0 Å². The highest BCUT2D eigenvalue weighted by molar-refractivity contribution is 6.30. The molecule has 0 saturated heterocycles. The first kappa shape index (κ1) is 12.1. The van der Waals surface area contributed by atoms with Crippen molar-refractivity contribution in [1.29, 1.82) is 0 Å². The maximum atomic E-state index is 5.74. The third kappa shape index (κ3) is 3.93. The van der Waals surface area contributed by atoms with Gasteiger partial charge in [0.2, 0.25) is 0 Å². The summed E-state index contributed by atoms with van der Waals surface area (Å²) in [5.41, 5.74) is 6.30. The van der Waals surface area contributed by atoms with Gasteiger partial charge in [-0.1, -0.05) is 18.5 Å². The molecule has 1 heterocycles. The molecule has 0 saturated carbocycles. The van der Waals surface area contributed by atoms with Gasteiger partial charge in [0.05, 0.1) is 17.3 Å². The van der Waals surface area contributed by atoms with Crippen LogP contribution in [0.2, 0.25) is 5.02 Å². The van der Waals surface area contributed by atoms with E-state index in [-0.39, 0.29) is 0 Å². The van der Waals surface area contributed by atoms with Crippen molar-refractivity contribution in [2.45, 2.75) is 6.92 Å². The zero-order chi connectivity index (χ0) is 11.3. The minimum Gasteiger partial charge on any atom is -0.396 e. The fourth-order valence-corrected chi connectivity index (χ4v) is 1.38. The van der Waals surface area contributed by atoms with Crippen LogP contribution in [0.1, 0.15) is 6.92 Å². The van der Waals surface area contributed by atoms with E-state index in [1.165, 1.54) is 0 Å². The summed E-state index contributed by atoms with van der Waals surface area (Å²) < 4.78 is 5.03. The number of halogens is 1. The second-order valence-corrected chi connectivity index (χ2v) is 3.97. The highest BCUT2D eigenvalue weighted by Crippen LogP contribution is 2.19. The molecule has 0 aliphatic rings. The van der Waals surface area contributed by atoms with E-state index in [1.54, 1.807) is 19.4 Å². The lowest BCUT2D eigenvalue weighted by Gasteiger charge is -2.13. The fourth-order valence-electron chi connectivity index (χ4n) is 1.22. The largest absolute Gasteiger partial charge is 0.396 e. The molecule has 5 heteroatoms. The molecule has 1 rings (SSSR count). The minimum atomic E-state index is 0.409. The zero-order valence-electron chi connectivity index (χ0n) is 8.96. The number of aromatic nitrogens is 1. The van der Waals surface area contributed by atoms with Crippen LogP contribution in [0, 0.1) is 5.92 Å². The molecule has 84 valence electrons. The molecule has 1 atom stereocenters. The number of nitrogen functional groups attached to an aromatic ring is 1. The summed E-state index contributed by atoms with van der Waals surface area (Å²) >= 11 is 5.74. The molecule has 0 bridgehead atoms. The van der Waals surface area contributed by atoms with Gasteiger partial charge in [-0.3, -0.25) is 0 Å². The van der Waals surface area contributed by atoms with Crippen LogP contribution in [0.5, 0.6) is 0 Å².